The second kappa shape index (κ2) is 4.18. The van der Waals surface area contributed by atoms with Crippen molar-refractivity contribution in [3.63, 3.8) is 0 Å². The van der Waals surface area contributed by atoms with Crippen molar-refractivity contribution in [2.24, 2.45) is 0 Å². The first-order chi connectivity index (χ1) is 7.72. The van der Waals surface area contributed by atoms with E-state index in [-0.39, 0.29) is 0 Å². The van der Waals surface area contributed by atoms with Crippen LogP contribution in [0.25, 0.3) is 10.9 Å². The predicted octanol–water partition coefficient (Wildman–Crippen LogP) is 1.33. The number of likely N-dealkylation sites (N-methyl/N-ethyl adjacent to an activating group) is 1. The van der Waals surface area contributed by atoms with Gasteiger partial charge in [0.2, 0.25) is 6.29 Å². The van der Waals surface area contributed by atoms with E-state index in [4.69, 9.17) is 0 Å². The van der Waals surface area contributed by atoms with Crippen LogP contribution in [-0.2, 0) is 16.1 Å². The number of rotatable bonds is 3. The fraction of sp³-hybridized carbons (Fsp3) is 0.167. The predicted molar refractivity (Wildman–Crippen MR) is 60.8 cm³/mol. The van der Waals surface area contributed by atoms with Crippen molar-refractivity contribution in [1.82, 2.24) is 9.88 Å². The number of aldehydes is 1. The SMILES string of the molecule is CN(Cc1c[nH]c2ccccc12)C(=O)C=O. The van der Waals surface area contributed by atoms with E-state index in [2.05, 4.69) is 4.98 Å². The Kier molecular flexibility index (Phi) is 2.72. The molecule has 1 aromatic carbocycles. The third kappa shape index (κ3) is 1.82. The Hall–Kier alpha value is -2.10. The van der Waals surface area contributed by atoms with Gasteiger partial charge in [-0.3, -0.25) is 9.59 Å². The van der Waals surface area contributed by atoms with Gasteiger partial charge in [0.05, 0.1) is 0 Å². The fourth-order valence-corrected chi connectivity index (χ4v) is 1.69. The number of para-hydroxylation sites is 1. The van der Waals surface area contributed by atoms with E-state index in [0.717, 1.165) is 16.5 Å². The van der Waals surface area contributed by atoms with Crippen molar-refractivity contribution in [3.05, 3.63) is 36.0 Å². The number of carbonyl (C=O) groups excluding carboxylic acids is 2. The van der Waals surface area contributed by atoms with Crippen LogP contribution in [0.1, 0.15) is 5.56 Å². The lowest BCUT2D eigenvalue weighted by atomic mass is 10.1. The summed E-state index contributed by atoms with van der Waals surface area (Å²) in [5.74, 6) is -0.509. The zero-order chi connectivity index (χ0) is 11.5. The highest BCUT2D eigenvalue weighted by Crippen LogP contribution is 2.18. The van der Waals surface area contributed by atoms with Gasteiger partial charge in [0.15, 0.2) is 0 Å². The van der Waals surface area contributed by atoms with E-state index in [1.807, 2.05) is 30.5 Å². The maximum Gasteiger partial charge on any atom is 0.286 e. The van der Waals surface area contributed by atoms with Gasteiger partial charge >= 0.3 is 0 Å². The maximum absolute atomic E-state index is 11.1. The highest BCUT2D eigenvalue weighted by molar-refractivity contribution is 6.23. The molecule has 0 aliphatic rings. The van der Waals surface area contributed by atoms with Gasteiger partial charge in [-0.05, 0) is 11.6 Å². The summed E-state index contributed by atoms with van der Waals surface area (Å²) in [5.41, 5.74) is 2.04. The van der Waals surface area contributed by atoms with E-state index in [0.29, 0.717) is 12.8 Å². The molecule has 1 aromatic heterocycles. The molecule has 1 N–H and O–H groups in total. The molecule has 0 spiro atoms. The monoisotopic (exact) mass is 216 g/mol. The minimum Gasteiger partial charge on any atom is -0.361 e. The van der Waals surface area contributed by atoms with E-state index >= 15 is 0 Å². The van der Waals surface area contributed by atoms with Gasteiger partial charge in [0, 0.05) is 30.7 Å². The van der Waals surface area contributed by atoms with Gasteiger partial charge in [-0.15, -0.1) is 0 Å². The number of amides is 1. The molecule has 0 bridgehead atoms. The minimum atomic E-state index is -0.509. The Bertz CT molecular complexity index is 531. The average Bonchev–Trinajstić information content (AvgIpc) is 2.72. The Morgan fingerprint density at radius 3 is 2.94 bits per heavy atom. The molecule has 0 saturated carbocycles. The molecule has 4 heteroatoms. The summed E-state index contributed by atoms with van der Waals surface area (Å²) in [4.78, 5) is 26.0. The first kappa shape index (κ1) is 10.4. The van der Waals surface area contributed by atoms with Crippen molar-refractivity contribution >= 4 is 23.1 Å². The second-order valence-corrected chi connectivity index (χ2v) is 3.67. The van der Waals surface area contributed by atoms with Crippen molar-refractivity contribution in [2.45, 2.75) is 6.54 Å². The molecular weight excluding hydrogens is 204 g/mol. The molecule has 1 amide bonds. The highest BCUT2D eigenvalue weighted by atomic mass is 16.2. The van der Waals surface area contributed by atoms with Crippen LogP contribution in [0.15, 0.2) is 30.5 Å². The maximum atomic E-state index is 11.1. The standard InChI is InChI=1S/C12H12N2O2/c1-14(12(16)8-15)7-9-6-13-11-5-3-2-4-10(9)11/h2-6,8,13H,7H2,1H3. The van der Waals surface area contributed by atoms with Crippen molar-refractivity contribution in [3.8, 4) is 0 Å². The molecule has 2 aromatic rings. The molecular formula is C12H12N2O2. The molecule has 0 fully saturated rings. The van der Waals surface area contributed by atoms with Crippen LogP contribution < -0.4 is 0 Å². The number of benzene rings is 1. The molecule has 0 unspecified atom stereocenters. The van der Waals surface area contributed by atoms with Crippen LogP contribution in [0.4, 0.5) is 0 Å². The van der Waals surface area contributed by atoms with Crippen molar-refractivity contribution in [1.29, 1.82) is 0 Å². The van der Waals surface area contributed by atoms with Gasteiger partial charge in [-0.2, -0.15) is 0 Å². The molecule has 1 heterocycles. The van der Waals surface area contributed by atoms with Crippen LogP contribution in [0.5, 0.6) is 0 Å². The average molecular weight is 216 g/mol. The summed E-state index contributed by atoms with van der Waals surface area (Å²) in [6.45, 7) is 0.432. The molecule has 0 saturated heterocycles. The number of aromatic nitrogens is 1. The molecule has 16 heavy (non-hydrogen) atoms. The van der Waals surface area contributed by atoms with E-state index in [1.54, 1.807) is 7.05 Å². The Morgan fingerprint density at radius 1 is 1.44 bits per heavy atom. The summed E-state index contributed by atoms with van der Waals surface area (Å²) >= 11 is 0. The largest absolute Gasteiger partial charge is 0.361 e. The lowest BCUT2D eigenvalue weighted by Gasteiger charge is -2.12. The third-order valence-corrected chi connectivity index (χ3v) is 2.56. The van der Waals surface area contributed by atoms with Crippen LogP contribution in [0.3, 0.4) is 0 Å². The molecule has 0 radical (unpaired) electrons. The van der Waals surface area contributed by atoms with E-state index < -0.39 is 5.91 Å². The van der Waals surface area contributed by atoms with Crippen molar-refractivity contribution in [2.75, 3.05) is 7.05 Å². The van der Waals surface area contributed by atoms with Gasteiger partial charge in [0.1, 0.15) is 0 Å². The lowest BCUT2D eigenvalue weighted by molar-refractivity contribution is -0.138. The number of fused-ring (bicyclic) bond motifs is 1. The number of H-pyrrole nitrogens is 1. The molecule has 0 aliphatic carbocycles. The summed E-state index contributed by atoms with van der Waals surface area (Å²) in [6.07, 6.45) is 2.19. The first-order valence-electron chi connectivity index (χ1n) is 4.97. The minimum absolute atomic E-state index is 0.328. The number of aromatic amines is 1. The second-order valence-electron chi connectivity index (χ2n) is 3.67. The Balaban J connectivity index is 2.28. The zero-order valence-corrected chi connectivity index (χ0v) is 8.93. The summed E-state index contributed by atoms with van der Waals surface area (Å²) in [6, 6.07) is 7.85. The van der Waals surface area contributed by atoms with Crippen LogP contribution in [-0.4, -0.2) is 29.1 Å². The number of nitrogens with zero attached hydrogens (tertiary/aromatic N) is 1. The lowest BCUT2D eigenvalue weighted by Crippen LogP contribution is -2.26. The van der Waals surface area contributed by atoms with E-state index in [1.165, 1.54) is 4.90 Å². The fourth-order valence-electron chi connectivity index (χ4n) is 1.69. The van der Waals surface area contributed by atoms with Gasteiger partial charge in [-0.25, -0.2) is 0 Å². The summed E-state index contributed by atoms with van der Waals surface area (Å²) in [7, 11) is 1.61. The summed E-state index contributed by atoms with van der Waals surface area (Å²) in [5, 5.41) is 1.08. The van der Waals surface area contributed by atoms with E-state index in [9.17, 15) is 9.59 Å². The van der Waals surface area contributed by atoms with Gasteiger partial charge in [0.25, 0.3) is 5.91 Å². The van der Waals surface area contributed by atoms with Gasteiger partial charge in [-0.1, -0.05) is 18.2 Å². The number of carbonyl (C=O) groups is 2. The van der Waals surface area contributed by atoms with Crippen LogP contribution >= 0.6 is 0 Å². The van der Waals surface area contributed by atoms with Crippen molar-refractivity contribution < 1.29 is 9.59 Å². The number of hydrogen-bond donors (Lipinski definition) is 1. The smallest absolute Gasteiger partial charge is 0.286 e. The third-order valence-electron chi connectivity index (χ3n) is 2.56. The van der Waals surface area contributed by atoms with Crippen LogP contribution in [0.2, 0.25) is 0 Å². The van der Waals surface area contributed by atoms with Crippen LogP contribution in [0, 0.1) is 0 Å². The Labute approximate surface area is 92.9 Å². The molecule has 82 valence electrons. The quantitative estimate of drug-likeness (QED) is 0.621. The molecule has 2 rings (SSSR count). The first-order valence-corrected chi connectivity index (χ1v) is 4.97. The highest BCUT2D eigenvalue weighted by Gasteiger charge is 2.10. The Morgan fingerprint density at radius 2 is 2.19 bits per heavy atom. The van der Waals surface area contributed by atoms with Gasteiger partial charge < -0.3 is 9.88 Å². The number of hydrogen-bond acceptors (Lipinski definition) is 2. The zero-order valence-electron chi connectivity index (χ0n) is 8.93. The number of nitrogens with one attached hydrogen (secondary N) is 1. The summed E-state index contributed by atoms with van der Waals surface area (Å²) < 4.78 is 0. The normalized spacial score (nSPS) is 10.3. The topological polar surface area (TPSA) is 53.2 Å². The molecule has 0 atom stereocenters. The molecule has 4 nitrogen and oxygen atoms in total. The molecule has 0 aliphatic heterocycles.